The summed E-state index contributed by atoms with van der Waals surface area (Å²) in [5.41, 5.74) is 4.74. The molecule has 0 bridgehead atoms. The largest absolute Gasteiger partial charge is 0.490 e. The van der Waals surface area contributed by atoms with Gasteiger partial charge in [0.15, 0.2) is 0 Å². The van der Waals surface area contributed by atoms with Gasteiger partial charge in [-0.05, 0) is 67.9 Å². The Labute approximate surface area is 210 Å². The van der Waals surface area contributed by atoms with E-state index in [1.807, 2.05) is 18.3 Å². The molecule has 1 saturated heterocycles. The topological polar surface area (TPSA) is 34.6 Å². The average molecular weight is 471 g/mol. The highest BCUT2D eigenvalue weighted by atomic mass is 16.5. The number of piperidine rings is 1. The number of pyridine rings is 1. The summed E-state index contributed by atoms with van der Waals surface area (Å²) in [7, 11) is 0. The predicted molar refractivity (Wildman–Crippen MR) is 142 cm³/mol. The van der Waals surface area contributed by atoms with Crippen LogP contribution in [0.5, 0.6) is 5.75 Å². The zero-order chi connectivity index (χ0) is 23.7. The lowest BCUT2D eigenvalue weighted by molar-refractivity contribution is 0.0768. The Morgan fingerprint density at radius 2 is 1.60 bits per heavy atom. The lowest BCUT2D eigenvalue weighted by atomic mass is 10.0. The van der Waals surface area contributed by atoms with E-state index in [2.05, 4.69) is 64.5 Å². The number of rotatable bonds is 10. The smallest absolute Gasteiger partial charge is 0.119 e. The monoisotopic (exact) mass is 470 g/mol. The van der Waals surface area contributed by atoms with Crippen molar-refractivity contribution in [1.29, 1.82) is 0 Å². The van der Waals surface area contributed by atoms with Crippen molar-refractivity contribution in [3.05, 3.63) is 84.2 Å². The van der Waals surface area contributed by atoms with Crippen LogP contribution in [0.15, 0.2) is 72.9 Å². The van der Waals surface area contributed by atoms with Gasteiger partial charge < -0.3 is 14.4 Å². The molecular formula is C31H38N2O2. The fraction of sp³-hybridized carbons (Fsp3) is 0.452. The highest BCUT2D eigenvalue weighted by Crippen LogP contribution is 2.29. The Bertz CT molecular complexity index is 1020. The summed E-state index contributed by atoms with van der Waals surface area (Å²) in [6.07, 6.45) is 12.0. The van der Waals surface area contributed by atoms with E-state index >= 15 is 0 Å². The molecule has 1 aliphatic carbocycles. The molecule has 0 spiro atoms. The van der Waals surface area contributed by atoms with Crippen LogP contribution in [0.4, 0.5) is 0 Å². The number of aromatic nitrogens is 1. The fourth-order valence-corrected chi connectivity index (χ4v) is 5.54. The van der Waals surface area contributed by atoms with Gasteiger partial charge in [-0.2, -0.15) is 0 Å². The predicted octanol–water partition coefficient (Wildman–Crippen LogP) is 6.68. The molecule has 1 saturated carbocycles. The lowest BCUT2D eigenvalue weighted by Gasteiger charge is -2.36. The Morgan fingerprint density at radius 1 is 0.829 bits per heavy atom. The summed E-state index contributed by atoms with van der Waals surface area (Å²) < 4.78 is 12.2. The Balaban J connectivity index is 1.10. The Kier molecular flexibility index (Phi) is 8.46. The van der Waals surface area contributed by atoms with Gasteiger partial charge in [0.05, 0.1) is 6.61 Å². The molecule has 2 aromatic carbocycles. The lowest BCUT2D eigenvalue weighted by Crippen LogP contribution is -2.43. The molecule has 2 aliphatic rings. The maximum atomic E-state index is 6.36. The molecule has 0 unspecified atom stereocenters. The molecule has 35 heavy (non-hydrogen) atoms. The van der Waals surface area contributed by atoms with E-state index < -0.39 is 0 Å². The Morgan fingerprint density at radius 3 is 2.37 bits per heavy atom. The van der Waals surface area contributed by atoms with Crippen LogP contribution in [0, 0.1) is 0 Å². The molecule has 1 aliphatic heterocycles. The second-order valence-corrected chi connectivity index (χ2v) is 9.96. The second-order valence-electron chi connectivity index (χ2n) is 9.96. The van der Waals surface area contributed by atoms with Crippen LogP contribution >= 0.6 is 0 Å². The van der Waals surface area contributed by atoms with E-state index in [0.717, 1.165) is 49.8 Å². The van der Waals surface area contributed by atoms with E-state index in [1.54, 1.807) is 0 Å². The number of aryl methyl sites for hydroxylation is 1. The van der Waals surface area contributed by atoms with Crippen molar-refractivity contribution in [2.24, 2.45) is 0 Å². The first-order valence-corrected chi connectivity index (χ1v) is 13.4. The van der Waals surface area contributed by atoms with Crippen LogP contribution in [0.2, 0.25) is 0 Å². The molecule has 3 aromatic rings. The van der Waals surface area contributed by atoms with Crippen molar-refractivity contribution in [2.75, 3.05) is 19.7 Å². The number of hydrogen-bond acceptors (Lipinski definition) is 4. The van der Waals surface area contributed by atoms with Crippen LogP contribution in [-0.4, -0.2) is 41.7 Å². The second kappa shape index (κ2) is 12.3. The van der Waals surface area contributed by atoms with Gasteiger partial charge in [0.1, 0.15) is 11.9 Å². The minimum absolute atomic E-state index is 0.336. The maximum Gasteiger partial charge on any atom is 0.119 e. The molecule has 0 N–H and O–H groups in total. The Hall–Kier alpha value is -2.69. The van der Waals surface area contributed by atoms with Crippen LogP contribution in [0.25, 0.3) is 11.1 Å². The maximum absolute atomic E-state index is 6.36. The summed E-state index contributed by atoms with van der Waals surface area (Å²) in [6, 6.07) is 24.0. The van der Waals surface area contributed by atoms with Crippen molar-refractivity contribution >= 4 is 0 Å². The van der Waals surface area contributed by atoms with Gasteiger partial charge in [-0.1, -0.05) is 61.4 Å². The van der Waals surface area contributed by atoms with E-state index in [4.69, 9.17) is 9.47 Å². The molecule has 2 heterocycles. The normalized spacial score (nSPS) is 17.6. The summed E-state index contributed by atoms with van der Waals surface area (Å²) in [6.45, 7) is 3.76. The number of likely N-dealkylation sites (tertiary alicyclic amines) is 1. The van der Waals surface area contributed by atoms with Gasteiger partial charge in [0, 0.05) is 43.2 Å². The molecule has 0 atom stereocenters. The SMILES string of the molecule is c1ccc(COCCCc2ncccc2-c2ccc(OC3CCN(C4CCCC4)CC3)cc2)cc1. The zero-order valence-corrected chi connectivity index (χ0v) is 20.8. The van der Waals surface area contributed by atoms with Gasteiger partial charge in [0.25, 0.3) is 0 Å². The fourth-order valence-electron chi connectivity index (χ4n) is 5.54. The summed E-state index contributed by atoms with van der Waals surface area (Å²) in [5, 5.41) is 0. The van der Waals surface area contributed by atoms with Crippen LogP contribution < -0.4 is 4.74 Å². The third-order valence-electron chi connectivity index (χ3n) is 7.49. The van der Waals surface area contributed by atoms with E-state index in [1.165, 1.54) is 55.5 Å². The first kappa shape index (κ1) is 24.0. The third-order valence-corrected chi connectivity index (χ3v) is 7.49. The van der Waals surface area contributed by atoms with Crippen LogP contribution in [-0.2, 0) is 17.8 Å². The number of nitrogens with zero attached hydrogens (tertiary/aromatic N) is 2. The van der Waals surface area contributed by atoms with Gasteiger partial charge in [-0.25, -0.2) is 0 Å². The van der Waals surface area contributed by atoms with E-state index in [9.17, 15) is 0 Å². The third kappa shape index (κ3) is 6.71. The standard InChI is InChI=1S/C31H38N2O2/c1-2-8-25(9-3-1)24-34-23-7-13-31-30(12-6-20-32-31)26-14-16-28(17-15-26)35-29-18-21-33(22-19-29)27-10-4-5-11-27/h1-3,6,8-9,12,14-17,20,27,29H,4-5,7,10-11,13,18-19,21-24H2. The molecule has 0 amide bonds. The van der Waals surface area contributed by atoms with Crippen LogP contribution in [0.3, 0.4) is 0 Å². The quantitative estimate of drug-likeness (QED) is 0.309. The summed E-state index contributed by atoms with van der Waals surface area (Å²) >= 11 is 0. The zero-order valence-electron chi connectivity index (χ0n) is 20.8. The summed E-state index contributed by atoms with van der Waals surface area (Å²) in [5.74, 6) is 0.979. The van der Waals surface area contributed by atoms with Gasteiger partial charge >= 0.3 is 0 Å². The molecule has 1 aromatic heterocycles. The van der Waals surface area contributed by atoms with Crippen molar-refractivity contribution in [3.8, 4) is 16.9 Å². The van der Waals surface area contributed by atoms with Crippen molar-refractivity contribution in [2.45, 2.75) is 70.1 Å². The van der Waals surface area contributed by atoms with Gasteiger partial charge in [-0.15, -0.1) is 0 Å². The molecule has 184 valence electrons. The number of ether oxygens (including phenoxy) is 2. The minimum Gasteiger partial charge on any atom is -0.490 e. The molecule has 0 radical (unpaired) electrons. The first-order chi connectivity index (χ1) is 17.3. The molecule has 2 fully saturated rings. The highest BCUT2D eigenvalue weighted by Gasteiger charge is 2.27. The number of hydrogen-bond donors (Lipinski definition) is 0. The van der Waals surface area contributed by atoms with Crippen molar-refractivity contribution < 1.29 is 9.47 Å². The van der Waals surface area contributed by atoms with Gasteiger partial charge in [-0.3, -0.25) is 4.98 Å². The van der Waals surface area contributed by atoms with Crippen LogP contribution in [0.1, 0.15) is 56.2 Å². The average Bonchev–Trinajstić information content (AvgIpc) is 3.46. The molecule has 4 heteroatoms. The van der Waals surface area contributed by atoms with Crippen molar-refractivity contribution in [1.82, 2.24) is 9.88 Å². The van der Waals surface area contributed by atoms with Gasteiger partial charge in [0.2, 0.25) is 0 Å². The van der Waals surface area contributed by atoms with E-state index in [-0.39, 0.29) is 0 Å². The summed E-state index contributed by atoms with van der Waals surface area (Å²) in [4.78, 5) is 7.38. The highest BCUT2D eigenvalue weighted by molar-refractivity contribution is 5.66. The van der Waals surface area contributed by atoms with Crippen molar-refractivity contribution in [3.63, 3.8) is 0 Å². The van der Waals surface area contributed by atoms with E-state index in [0.29, 0.717) is 12.7 Å². The first-order valence-electron chi connectivity index (χ1n) is 13.4. The number of benzene rings is 2. The minimum atomic E-state index is 0.336. The molecular weight excluding hydrogens is 432 g/mol. The molecule has 5 rings (SSSR count). The molecule has 4 nitrogen and oxygen atoms in total.